The minimum Gasteiger partial charge on any atom is -0.347 e. The van der Waals surface area contributed by atoms with Crippen LogP contribution in [0.25, 0.3) is 0 Å². The van der Waals surface area contributed by atoms with E-state index in [1.807, 2.05) is 13.8 Å². The van der Waals surface area contributed by atoms with Crippen molar-refractivity contribution in [2.75, 3.05) is 19.1 Å². The number of carbonyl (C=O) groups excluding carboxylic acids is 1. The molecule has 0 aromatic carbocycles. The number of alkyl halides is 2. The first-order valence-corrected chi connectivity index (χ1v) is 5.71. The predicted molar refractivity (Wildman–Crippen MR) is 58.3 cm³/mol. The van der Waals surface area contributed by atoms with E-state index in [0.717, 1.165) is 0 Å². The van der Waals surface area contributed by atoms with Crippen molar-refractivity contribution in [3.05, 3.63) is 0 Å². The molecule has 6 heteroatoms. The summed E-state index contributed by atoms with van der Waals surface area (Å²) in [6.07, 6.45) is -0.771. The van der Waals surface area contributed by atoms with Gasteiger partial charge in [-0.25, -0.2) is 0 Å². The van der Waals surface area contributed by atoms with E-state index in [2.05, 4.69) is 5.32 Å². The Bertz CT molecular complexity index is 231. The Balaban J connectivity index is 2.78. The van der Waals surface area contributed by atoms with Crippen molar-refractivity contribution in [3.8, 4) is 0 Å². The highest BCUT2D eigenvalue weighted by Gasteiger charge is 2.47. The van der Waals surface area contributed by atoms with E-state index < -0.39 is 11.3 Å². The first-order valence-electron chi connectivity index (χ1n) is 4.79. The molecule has 0 aromatic heterocycles. The van der Waals surface area contributed by atoms with Gasteiger partial charge in [0, 0.05) is 6.04 Å². The van der Waals surface area contributed by atoms with Gasteiger partial charge < -0.3 is 9.47 Å². The fraction of sp³-hybridized carbons (Fsp3) is 0.889. The molecule has 1 saturated heterocycles. The van der Waals surface area contributed by atoms with Gasteiger partial charge in [-0.1, -0.05) is 11.6 Å². The van der Waals surface area contributed by atoms with Gasteiger partial charge >= 0.3 is 0 Å². The Labute approximate surface area is 99.2 Å². The molecule has 0 bridgehead atoms. The summed E-state index contributed by atoms with van der Waals surface area (Å²) in [5, 5.41) is 2.93. The second-order valence-electron chi connectivity index (χ2n) is 3.64. The van der Waals surface area contributed by atoms with Crippen molar-refractivity contribution < 1.29 is 14.3 Å². The van der Waals surface area contributed by atoms with E-state index in [0.29, 0.717) is 13.2 Å². The molecule has 0 aromatic rings. The Kier molecular flexibility index (Phi) is 4.80. The van der Waals surface area contributed by atoms with Gasteiger partial charge in [0.2, 0.25) is 5.00 Å². The van der Waals surface area contributed by atoms with Crippen LogP contribution in [0.2, 0.25) is 0 Å². The quantitative estimate of drug-likeness (QED) is 0.591. The lowest BCUT2D eigenvalue weighted by atomic mass is 10.1. The summed E-state index contributed by atoms with van der Waals surface area (Å²) in [5.74, 6) is -0.515. The molecule has 88 valence electrons. The van der Waals surface area contributed by atoms with Gasteiger partial charge in [0.05, 0.1) is 19.1 Å². The van der Waals surface area contributed by atoms with E-state index in [1.165, 1.54) is 0 Å². The monoisotopic (exact) mass is 255 g/mol. The number of hydrogen-bond donors (Lipinski definition) is 1. The van der Waals surface area contributed by atoms with Crippen LogP contribution in [0.1, 0.15) is 13.8 Å². The number of ether oxygens (including phenoxy) is 2. The zero-order valence-electron chi connectivity index (χ0n) is 8.76. The van der Waals surface area contributed by atoms with Gasteiger partial charge in [-0.3, -0.25) is 10.1 Å². The van der Waals surface area contributed by atoms with Crippen molar-refractivity contribution in [2.24, 2.45) is 0 Å². The van der Waals surface area contributed by atoms with Crippen LogP contribution in [0.4, 0.5) is 0 Å². The third kappa shape index (κ3) is 3.04. The largest absolute Gasteiger partial charge is 0.347 e. The summed E-state index contributed by atoms with van der Waals surface area (Å²) >= 11 is 11.7. The normalized spacial score (nSPS) is 21.9. The number of halogens is 2. The van der Waals surface area contributed by atoms with Gasteiger partial charge in [-0.2, -0.15) is 0 Å². The zero-order valence-corrected chi connectivity index (χ0v) is 10.3. The molecule has 1 heterocycles. The van der Waals surface area contributed by atoms with Gasteiger partial charge in [0.1, 0.15) is 0 Å². The van der Waals surface area contributed by atoms with Crippen LogP contribution in [0, 0.1) is 0 Å². The molecule has 0 aliphatic carbocycles. The topological polar surface area (TPSA) is 47.6 Å². The smallest absolute Gasteiger partial charge is 0.205 e. The summed E-state index contributed by atoms with van der Waals surface area (Å²) in [6, 6.07) is 0.0301. The molecule has 0 saturated carbocycles. The molecule has 1 unspecified atom stereocenters. The number of Topliss-reactive ketones (excluding diaryl/α,β-unsaturated/α-hetero) is 1. The first kappa shape index (κ1) is 13.2. The molecule has 0 spiro atoms. The third-order valence-corrected chi connectivity index (χ3v) is 2.71. The van der Waals surface area contributed by atoms with Gasteiger partial charge in [0.15, 0.2) is 12.1 Å². The maximum atomic E-state index is 11.7. The number of ketones is 1. The van der Waals surface area contributed by atoms with Crippen LogP contribution < -0.4 is 5.32 Å². The van der Waals surface area contributed by atoms with Crippen LogP contribution in [-0.2, 0) is 14.3 Å². The molecule has 1 rings (SSSR count). The highest BCUT2D eigenvalue weighted by Crippen LogP contribution is 2.26. The minimum absolute atomic E-state index is 0.0301. The van der Waals surface area contributed by atoms with E-state index in [1.54, 1.807) is 0 Å². The van der Waals surface area contributed by atoms with Crippen LogP contribution >= 0.6 is 23.2 Å². The fourth-order valence-electron chi connectivity index (χ4n) is 1.39. The maximum absolute atomic E-state index is 11.7. The molecule has 1 fully saturated rings. The van der Waals surface area contributed by atoms with Crippen molar-refractivity contribution in [2.45, 2.75) is 31.2 Å². The fourth-order valence-corrected chi connectivity index (χ4v) is 2.08. The lowest BCUT2D eigenvalue weighted by Gasteiger charge is -2.32. The summed E-state index contributed by atoms with van der Waals surface area (Å²) in [6.45, 7) is 4.64. The van der Waals surface area contributed by atoms with Crippen molar-refractivity contribution in [1.29, 1.82) is 0 Å². The Morgan fingerprint density at radius 3 is 2.47 bits per heavy atom. The maximum Gasteiger partial charge on any atom is 0.205 e. The molecular weight excluding hydrogens is 241 g/mol. The highest BCUT2D eigenvalue weighted by atomic mass is 35.5. The Hall–Kier alpha value is 0.130. The van der Waals surface area contributed by atoms with Gasteiger partial charge in [-0.15, -0.1) is 11.6 Å². The Morgan fingerprint density at radius 1 is 1.53 bits per heavy atom. The molecule has 1 aliphatic rings. The third-order valence-electron chi connectivity index (χ3n) is 1.97. The van der Waals surface area contributed by atoms with Crippen molar-refractivity contribution >= 4 is 29.0 Å². The Morgan fingerprint density at radius 2 is 2.07 bits per heavy atom. The molecule has 15 heavy (non-hydrogen) atoms. The van der Waals surface area contributed by atoms with Crippen LogP contribution in [0.5, 0.6) is 0 Å². The number of nitrogens with one attached hydrogen (secondary N) is 1. The SMILES string of the molecule is CC(C)NC(Cl)(C(=O)CCl)C1OCCO1. The summed E-state index contributed by atoms with van der Waals surface area (Å²) in [5.41, 5.74) is 0. The second kappa shape index (κ2) is 5.46. The van der Waals surface area contributed by atoms with Crippen LogP contribution in [-0.4, -0.2) is 42.2 Å². The molecule has 0 amide bonds. The summed E-state index contributed by atoms with van der Waals surface area (Å²) in [7, 11) is 0. The first-order chi connectivity index (χ1) is 7.00. The zero-order chi connectivity index (χ0) is 11.5. The van der Waals surface area contributed by atoms with Crippen molar-refractivity contribution in [3.63, 3.8) is 0 Å². The van der Waals surface area contributed by atoms with Crippen LogP contribution in [0.15, 0.2) is 0 Å². The molecule has 1 N–H and O–H groups in total. The molecule has 4 nitrogen and oxygen atoms in total. The number of hydrogen-bond acceptors (Lipinski definition) is 4. The average Bonchev–Trinajstić information content (AvgIpc) is 2.68. The molecule has 1 aliphatic heterocycles. The molecular formula is C9H15Cl2NO3. The van der Waals surface area contributed by atoms with Gasteiger partial charge in [-0.05, 0) is 13.8 Å². The predicted octanol–water partition coefficient (Wildman–Crippen LogP) is 1.10. The second-order valence-corrected chi connectivity index (χ2v) is 4.50. The number of rotatable bonds is 5. The van der Waals surface area contributed by atoms with E-state index in [9.17, 15) is 4.79 Å². The standard InChI is InChI=1S/C9H15Cl2NO3/c1-6(2)12-9(11,7(13)5-10)8-14-3-4-15-8/h6,8,12H,3-5H2,1-2H3. The lowest BCUT2D eigenvalue weighted by molar-refractivity contribution is -0.136. The lowest BCUT2D eigenvalue weighted by Crippen LogP contribution is -2.59. The summed E-state index contributed by atoms with van der Waals surface area (Å²) in [4.78, 5) is 10.3. The van der Waals surface area contributed by atoms with E-state index in [4.69, 9.17) is 32.7 Å². The highest BCUT2D eigenvalue weighted by molar-refractivity contribution is 6.41. The molecule has 0 radical (unpaired) electrons. The average molecular weight is 256 g/mol. The van der Waals surface area contributed by atoms with E-state index in [-0.39, 0.29) is 17.7 Å². The minimum atomic E-state index is -1.38. The summed E-state index contributed by atoms with van der Waals surface area (Å²) < 4.78 is 10.5. The number of carbonyl (C=O) groups is 1. The molecule has 1 atom stereocenters. The van der Waals surface area contributed by atoms with Crippen molar-refractivity contribution in [1.82, 2.24) is 5.32 Å². The van der Waals surface area contributed by atoms with Crippen LogP contribution in [0.3, 0.4) is 0 Å². The van der Waals surface area contributed by atoms with E-state index >= 15 is 0 Å². The van der Waals surface area contributed by atoms with Gasteiger partial charge in [0.25, 0.3) is 0 Å².